The molecule has 0 unspecified atom stereocenters. The van der Waals surface area contributed by atoms with Crippen LogP contribution in [0.1, 0.15) is 30.1 Å². The van der Waals surface area contributed by atoms with Crippen LogP contribution in [0.4, 0.5) is 5.82 Å². The van der Waals surface area contributed by atoms with E-state index >= 15 is 0 Å². The number of halogens is 1. The van der Waals surface area contributed by atoms with E-state index in [4.69, 9.17) is 16.3 Å². The Morgan fingerprint density at radius 2 is 1.95 bits per heavy atom. The van der Waals surface area contributed by atoms with Crippen molar-refractivity contribution in [3.8, 4) is 0 Å². The van der Waals surface area contributed by atoms with Crippen molar-refractivity contribution in [1.29, 1.82) is 0 Å². The maximum absolute atomic E-state index is 10.4. The summed E-state index contributed by atoms with van der Waals surface area (Å²) in [4.78, 5) is 8.66. The maximum atomic E-state index is 10.4. The van der Waals surface area contributed by atoms with Gasteiger partial charge in [-0.3, -0.25) is 0 Å². The topological polar surface area (TPSA) is 67.3 Å². The van der Waals surface area contributed by atoms with E-state index in [1.807, 2.05) is 32.0 Å². The summed E-state index contributed by atoms with van der Waals surface area (Å²) in [5.74, 6) is 1.28. The van der Waals surface area contributed by atoms with E-state index in [9.17, 15) is 5.11 Å². The molecule has 0 amide bonds. The first-order valence-corrected chi connectivity index (χ1v) is 7.41. The van der Waals surface area contributed by atoms with Gasteiger partial charge in [0.05, 0.1) is 12.1 Å². The molecule has 0 spiro atoms. The van der Waals surface area contributed by atoms with Crippen LogP contribution in [0.15, 0.2) is 30.3 Å². The molecular weight excluding hydrogens is 302 g/mol. The minimum atomic E-state index is -0.668. The Hall–Kier alpha value is -1.69. The molecule has 0 aliphatic carbocycles. The Labute approximate surface area is 135 Å². The fourth-order valence-electron chi connectivity index (χ4n) is 2.16. The van der Waals surface area contributed by atoms with Crippen LogP contribution < -0.4 is 5.32 Å². The van der Waals surface area contributed by atoms with Gasteiger partial charge in [0.15, 0.2) is 5.82 Å². The molecule has 1 aromatic carbocycles. The Morgan fingerprint density at radius 3 is 2.59 bits per heavy atom. The smallest absolute Gasteiger partial charge is 0.156 e. The molecule has 0 saturated heterocycles. The van der Waals surface area contributed by atoms with Crippen molar-refractivity contribution in [3.05, 3.63) is 52.4 Å². The molecule has 5 nitrogen and oxygen atoms in total. The number of hydrogen-bond donors (Lipinski definition) is 2. The third-order valence-electron chi connectivity index (χ3n) is 3.23. The molecule has 2 rings (SSSR count). The number of methoxy groups -OCH3 is 1. The van der Waals surface area contributed by atoms with Crippen molar-refractivity contribution in [2.75, 3.05) is 12.4 Å². The maximum Gasteiger partial charge on any atom is 0.156 e. The summed E-state index contributed by atoms with van der Waals surface area (Å²) in [5.41, 5.74) is 1.64. The SMILES string of the molecule is COCc1nc(C)cc(N[C@@H](C)[C@H](O)c2ccc(Cl)cc2)n1. The first-order chi connectivity index (χ1) is 10.5. The predicted molar refractivity (Wildman–Crippen MR) is 87.0 cm³/mol. The molecule has 2 atom stereocenters. The zero-order valence-electron chi connectivity index (χ0n) is 12.9. The van der Waals surface area contributed by atoms with Crippen LogP contribution in [0.3, 0.4) is 0 Å². The molecule has 0 aliphatic rings. The second-order valence-corrected chi connectivity index (χ2v) is 5.61. The predicted octanol–water partition coefficient (Wildman–Crippen LogP) is 3.12. The van der Waals surface area contributed by atoms with Crippen LogP contribution in [0.5, 0.6) is 0 Å². The fourth-order valence-corrected chi connectivity index (χ4v) is 2.28. The fraction of sp³-hybridized carbons (Fsp3) is 0.375. The van der Waals surface area contributed by atoms with E-state index in [1.165, 1.54) is 0 Å². The van der Waals surface area contributed by atoms with Gasteiger partial charge in [-0.05, 0) is 31.5 Å². The summed E-state index contributed by atoms with van der Waals surface area (Å²) < 4.78 is 5.06. The Bertz CT molecular complexity index is 619. The number of nitrogens with zero attached hydrogens (tertiary/aromatic N) is 2. The molecule has 2 N–H and O–H groups in total. The standard InChI is InChI=1S/C16H20ClN3O2/c1-10-8-14(20-15(18-10)9-22-3)19-11(2)16(21)12-4-6-13(17)7-5-12/h4-8,11,16,21H,9H2,1-3H3,(H,18,19,20)/t11-,16-/m0/s1. The van der Waals surface area contributed by atoms with Gasteiger partial charge in [-0.15, -0.1) is 0 Å². The molecule has 6 heteroatoms. The number of rotatable bonds is 6. The summed E-state index contributed by atoms with van der Waals surface area (Å²) in [6, 6.07) is 8.77. The van der Waals surface area contributed by atoms with Gasteiger partial charge in [-0.2, -0.15) is 0 Å². The quantitative estimate of drug-likeness (QED) is 0.855. The minimum absolute atomic E-state index is 0.217. The Balaban J connectivity index is 2.10. The van der Waals surface area contributed by atoms with Gasteiger partial charge in [0.2, 0.25) is 0 Å². The highest BCUT2D eigenvalue weighted by Crippen LogP contribution is 2.21. The molecule has 2 aromatic rings. The number of aliphatic hydroxyl groups excluding tert-OH is 1. The van der Waals surface area contributed by atoms with Crippen LogP contribution in [-0.4, -0.2) is 28.2 Å². The third kappa shape index (κ3) is 4.40. The summed E-state index contributed by atoms with van der Waals surface area (Å²) >= 11 is 5.86. The van der Waals surface area contributed by atoms with Gasteiger partial charge in [-0.1, -0.05) is 23.7 Å². The largest absolute Gasteiger partial charge is 0.386 e. The number of anilines is 1. The molecule has 0 saturated carbocycles. The van der Waals surface area contributed by atoms with Crippen molar-refractivity contribution in [3.63, 3.8) is 0 Å². The number of nitrogens with one attached hydrogen (secondary N) is 1. The molecule has 0 aliphatic heterocycles. The number of hydrogen-bond acceptors (Lipinski definition) is 5. The van der Waals surface area contributed by atoms with E-state index < -0.39 is 6.10 Å². The average Bonchev–Trinajstić information content (AvgIpc) is 2.47. The molecule has 0 bridgehead atoms. The molecule has 0 fully saturated rings. The average molecular weight is 322 g/mol. The van der Waals surface area contributed by atoms with E-state index in [0.717, 1.165) is 11.3 Å². The first-order valence-electron chi connectivity index (χ1n) is 7.03. The van der Waals surface area contributed by atoms with Gasteiger partial charge >= 0.3 is 0 Å². The van der Waals surface area contributed by atoms with Crippen LogP contribution >= 0.6 is 11.6 Å². The highest BCUT2D eigenvalue weighted by atomic mass is 35.5. The lowest BCUT2D eigenvalue weighted by atomic mass is 10.0. The van der Waals surface area contributed by atoms with E-state index in [-0.39, 0.29) is 6.04 Å². The summed E-state index contributed by atoms with van der Waals surface area (Å²) in [6.45, 7) is 4.14. The second kappa shape index (κ2) is 7.54. The lowest BCUT2D eigenvalue weighted by Gasteiger charge is -2.21. The van der Waals surface area contributed by atoms with Crippen LogP contribution in [-0.2, 0) is 11.3 Å². The van der Waals surface area contributed by atoms with Crippen molar-refractivity contribution in [2.24, 2.45) is 0 Å². The molecule has 1 aromatic heterocycles. The Morgan fingerprint density at radius 1 is 1.27 bits per heavy atom. The highest BCUT2D eigenvalue weighted by Gasteiger charge is 2.17. The monoisotopic (exact) mass is 321 g/mol. The van der Waals surface area contributed by atoms with Gasteiger partial charge in [-0.25, -0.2) is 9.97 Å². The number of aromatic nitrogens is 2. The lowest BCUT2D eigenvalue weighted by molar-refractivity contribution is 0.160. The molecular formula is C16H20ClN3O2. The van der Waals surface area contributed by atoms with Crippen molar-refractivity contribution in [2.45, 2.75) is 32.6 Å². The number of aryl methyl sites for hydroxylation is 1. The van der Waals surface area contributed by atoms with E-state index in [0.29, 0.717) is 23.3 Å². The number of benzene rings is 1. The molecule has 22 heavy (non-hydrogen) atoms. The summed E-state index contributed by atoms with van der Waals surface area (Å²) in [6.07, 6.45) is -0.668. The van der Waals surface area contributed by atoms with Gasteiger partial charge in [0, 0.05) is 23.9 Å². The van der Waals surface area contributed by atoms with Crippen molar-refractivity contribution in [1.82, 2.24) is 9.97 Å². The summed E-state index contributed by atoms with van der Waals surface area (Å²) in [5, 5.41) is 14.3. The number of ether oxygens (including phenoxy) is 1. The second-order valence-electron chi connectivity index (χ2n) is 5.17. The van der Waals surface area contributed by atoms with E-state index in [1.54, 1.807) is 19.2 Å². The third-order valence-corrected chi connectivity index (χ3v) is 3.49. The lowest BCUT2D eigenvalue weighted by Crippen LogP contribution is -2.25. The van der Waals surface area contributed by atoms with Crippen molar-refractivity contribution >= 4 is 17.4 Å². The van der Waals surface area contributed by atoms with E-state index in [2.05, 4.69) is 15.3 Å². The van der Waals surface area contributed by atoms with Gasteiger partial charge in [0.25, 0.3) is 0 Å². The zero-order valence-corrected chi connectivity index (χ0v) is 13.6. The first kappa shape index (κ1) is 16.7. The van der Waals surface area contributed by atoms with Crippen LogP contribution in [0, 0.1) is 6.92 Å². The van der Waals surface area contributed by atoms with Crippen molar-refractivity contribution < 1.29 is 9.84 Å². The van der Waals surface area contributed by atoms with Crippen LogP contribution in [0.2, 0.25) is 5.02 Å². The van der Waals surface area contributed by atoms with Gasteiger partial charge in [0.1, 0.15) is 12.4 Å². The Kier molecular flexibility index (Phi) is 5.71. The highest BCUT2D eigenvalue weighted by molar-refractivity contribution is 6.30. The van der Waals surface area contributed by atoms with Gasteiger partial charge < -0.3 is 15.2 Å². The minimum Gasteiger partial charge on any atom is -0.386 e. The molecule has 0 radical (unpaired) electrons. The van der Waals surface area contributed by atoms with Crippen LogP contribution in [0.25, 0.3) is 0 Å². The summed E-state index contributed by atoms with van der Waals surface area (Å²) in [7, 11) is 1.60. The zero-order chi connectivity index (χ0) is 16.1. The molecule has 118 valence electrons. The molecule has 1 heterocycles. The number of aliphatic hydroxyl groups is 1. The normalized spacial score (nSPS) is 13.7.